The fourth-order valence-electron chi connectivity index (χ4n) is 1.96. The van der Waals surface area contributed by atoms with E-state index in [4.69, 9.17) is 0 Å². The van der Waals surface area contributed by atoms with Crippen LogP contribution in [0.25, 0.3) is 0 Å². The summed E-state index contributed by atoms with van der Waals surface area (Å²) in [6.07, 6.45) is -4.52. The van der Waals surface area contributed by atoms with Gasteiger partial charge in [0.2, 0.25) is 0 Å². The van der Waals surface area contributed by atoms with Gasteiger partial charge in [0.05, 0.1) is 11.3 Å². The zero-order chi connectivity index (χ0) is 14.9. The van der Waals surface area contributed by atoms with Gasteiger partial charge in [-0.25, -0.2) is 4.98 Å². The SMILES string of the molecule is Cc1nc(C(F)(F)F)ccc1C(=O)N1CCS(=O)CC1. The number of amides is 1. The minimum Gasteiger partial charge on any atom is -0.337 e. The molecule has 1 saturated heterocycles. The van der Waals surface area contributed by atoms with Crippen LogP contribution in [-0.2, 0) is 17.0 Å². The molecule has 8 heteroatoms. The Bertz CT molecular complexity index is 550. The van der Waals surface area contributed by atoms with Gasteiger partial charge < -0.3 is 4.90 Å². The molecule has 0 saturated carbocycles. The Balaban J connectivity index is 2.21. The number of alkyl halides is 3. The number of carbonyl (C=O) groups excluding carboxylic acids is 1. The number of aryl methyl sites for hydroxylation is 1. The number of pyridine rings is 1. The van der Waals surface area contributed by atoms with E-state index in [-0.39, 0.29) is 17.2 Å². The molecule has 0 bridgehead atoms. The molecule has 4 nitrogen and oxygen atoms in total. The summed E-state index contributed by atoms with van der Waals surface area (Å²) in [5, 5.41) is 0. The van der Waals surface area contributed by atoms with Crippen LogP contribution in [0.3, 0.4) is 0 Å². The highest BCUT2D eigenvalue weighted by atomic mass is 32.2. The third-order valence-corrected chi connectivity index (χ3v) is 4.35. The maximum absolute atomic E-state index is 12.5. The van der Waals surface area contributed by atoms with E-state index in [1.807, 2.05) is 0 Å². The van der Waals surface area contributed by atoms with Crippen molar-refractivity contribution in [2.24, 2.45) is 0 Å². The van der Waals surface area contributed by atoms with E-state index in [0.717, 1.165) is 12.1 Å². The number of hydrogen-bond donors (Lipinski definition) is 0. The summed E-state index contributed by atoms with van der Waals surface area (Å²) in [5.74, 6) is 0.443. The van der Waals surface area contributed by atoms with E-state index in [2.05, 4.69) is 4.98 Å². The normalized spacial score (nSPS) is 17.3. The highest BCUT2D eigenvalue weighted by molar-refractivity contribution is 7.85. The molecule has 2 rings (SSSR count). The Labute approximate surface area is 116 Å². The highest BCUT2D eigenvalue weighted by Crippen LogP contribution is 2.28. The molecule has 2 heterocycles. The number of nitrogens with zero attached hydrogens (tertiary/aromatic N) is 2. The molecule has 1 aliphatic rings. The predicted octanol–water partition coefficient (Wildman–Crippen LogP) is 1.61. The lowest BCUT2D eigenvalue weighted by Crippen LogP contribution is -2.42. The monoisotopic (exact) mass is 306 g/mol. The van der Waals surface area contributed by atoms with Crippen molar-refractivity contribution in [2.75, 3.05) is 24.6 Å². The fourth-order valence-corrected chi connectivity index (χ4v) is 3.01. The Hall–Kier alpha value is -1.44. The number of aromatic nitrogens is 1. The van der Waals surface area contributed by atoms with Crippen molar-refractivity contribution in [3.8, 4) is 0 Å². The van der Waals surface area contributed by atoms with E-state index in [1.54, 1.807) is 0 Å². The van der Waals surface area contributed by atoms with Crippen molar-refractivity contribution in [3.05, 3.63) is 29.1 Å². The molecule has 1 aliphatic heterocycles. The van der Waals surface area contributed by atoms with E-state index < -0.39 is 22.7 Å². The molecule has 0 aromatic carbocycles. The van der Waals surface area contributed by atoms with Crippen molar-refractivity contribution in [1.29, 1.82) is 0 Å². The second kappa shape index (κ2) is 5.51. The van der Waals surface area contributed by atoms with E-state index in [1.165, 1.54) is 11.8 Å². The van der Waals surface area contributed by atoms with Crippen molar-refractivity contribution in [2.45, 2.75) is 13.1 Å². The number of halogens is 3. The summed E-state index contributed by atoms with van der Waals surface area (Å²) in [6, 6.07) is 1.96. The third-order valence-electron chi connectivity index (χ3n) is 3.07. The van der Waals surface area contributed by atoms with Crippen LogP contribution in [0.2, 0.25) is 0 Å². The molecule has 110 valence electrons. The van der Waals surface area contributed by atoms with Crippen molar-refractivity contribution < 1.29 is 22.2 Å². The van der Waals surface area contributed by atoms with E-state index >= 15 is 0 Å². The Morgan fingerprint density at radius 3 is 2.40 bits per heavy atom. The van der Waals surface area contributed by atoms with Gasteiger partial charge in [-0.1, -0.05) is 0 Å². The molecule has 0 N–H and O–H groups in total. The Kier molecular flexibility index (Phi) is 4.12. The van der Waals surface area contributed by atoms with Gasteiger partial charge in [-0.05, 0) is 19.1 Å². The lowest BCUT2D eigenvalue weighted by molar-refractivity contribution is -0.141. The van der Waals surface area contributed by atoms with Crippen LogP contribution < -0.4 is 0 Å². The predicted molar refractivity (Wildman–Crippen MR) is 67.8 cm³/mol. The topological polar surface area (TPSA) is 50.3 Å². The lowest BCUT2D eigenvalue weighted by Gasteiger charge is -2.26. The van der Waals surface area contributed by atoms with Gasteiger partial charge in [0.25, 0.3) is 5.91 Å². The van der Waals surface area contributed by atoms with Crippen LogP contribution in [0, 0.1) is 6.92 Å². The van der Waals surface area contributed by atoms with Crippen LogP contribution in [-0.4, -0.2) is 44.6 Å². The maximum atomic E-state index is 12.5. The lowest BCUT2D eigenvalue weighted by atomic mass is 10.1. The molecule has 0 aliphatic carbocycles. The first-order valence-corrected chi connectivity index (χ1v) is 7.47. The van der Waals surface area contributed by atoms with Crippen LogP contribution in [0.5, 0.6) is 0 Å². The molecule has 20 heavy (non-hydrogen) atoms. The molecule has 1 fully saturated rings. The number of rotatable bonds is 1. The van der Waals surface area contributed by atoms with Crippen molar-refractivity contribution in [1.82, 2.24) is 9.88 Å². The average Bonchev–Trinajstić information content (AvgIpc) is 2.37. The summed E-state index contributed by atoms with van der Waals surface area (Å²) in [4.78, 5) is 17.1. The van der Waals surface area contributed by atoms with Gasteiger partial charge in [0.15, 0.2) is 0 Å². The molecule has 0 spiro atoms. The first-order valence-electron chi connectivity index (χ1n) is 5.98. The standard InChI is InChI=1S/C12H13F3N2O2S/c1-8-9(2-3-10(16-8)12(13,14)15)11(18)17-4-6-20(19)7-5-17/h2-3H,4-7H2,1H3. The molecule has 1 amide bonds. The molecule has 0 radical (unpaired) electrons. The first kappa shape index (κ1) is 15.0. The number of hydrogen-bond acceptors (Lipinski definition) is 3. The van der Waals surface area contributed by atoms with Crippen molar-refractivity contribution >= 4 is 16.7 Å². The van der Waals surface area contributed by atoms with Gasteiger partial charge in [-0.2, -0.15) is 13.2 Å². The van der Waals surface area contributed by atoms with Gasteiger partial charge in [0, 0.05) is 35.4 Å². The van der Waals surface area contributed by atoms with Crippen LogP contribution in [0.4, 0.5) is 13.2 Å². The summed E-state index contributed by atoms with van der Waals surface area (Å²) < 4.78 is 48.7. The van der Waals surface area contributed by atoms with E-state index in [9.17, 15) is 22.2 Å². The third kappa shape index (κ3) is 3.17. The molecular weight excluding hydrogens is 293 g/mol. The summed E-state index contributed by atoms with van der Waals surface area (Å²) in [7, 11) is -0.913. The van der Waals surface area contributed by atoms with Gasteiger partial charge in [0.1, 0.15) is 5.69 Å². The second-order valence-corrected chi connectivity index (χ2v) is 6.16. The summed E-state index contributed by atoms with van der Waals surface area (Å²) >= 11 is 0. The molecular formula is C12H13F3N2O2S. The summed E-state index contributed by atoms with van der Waals surface area (Å²) in [6.45, 7) is 2.09. The zero-order valence-electron chi connectivity index (χ0n) is 10.7. The second-order valence-electron chi connectivity index (χ2n) is 4.47. The zero-order valence-corrected chi connectivity index (χ0v) is 11.6. The Morgan fingerprint density at radius 2 is 1.90 bits per heavy atom. The molecule has 1 aromatic rings. The quantitative estimate of drug-likeness (QED) is 0.792. The first-order chi connectivity index (χ1) is 9.29. The van der Waals surface area contributed by atoms with Crippen molar-refractivity contribution in [3.63, 3.8) is 0 Å². The molecule has 1 aromatic heterocycles. The van der Waals surface area contributed by atoms with E-state index in [0.29, 0.717) is 24.6 Å². The van der Waals surface area contributed by atoms with Crippen LogP contribution in [0.15, 0.2) is 12.1 Å². The smallest absolute Gasteiger partial charge is 0.337 e. The minimum atomic E-state index is -4.52. The maximum Gasteiger partial charge on any atom is 0.433 e. The van der Waals surface area contributed by atoms with Crippen LogP contribution in [0.1, 0.15) is 21.7 Å². The van der Waals surface area contributed by atoms with Crippen LogP contribution >= 0.6 is 0 Å². The molecule has 0 unspecified atom stereocenters. The minimum absolute atomic E-state index is 0.0523. The summed E-state index contributed by atoms with van der Waals surface area (Å²) in [5.41, 5.74) is -0.798. The highest BCUT2D eigenvalue weighted by Gasteiger charge is 2.33. The largest absolute Gasteiger partial charge is 0.433 e. The van der Waals surface area contributed by atoms with Gasteiger partial charge in [-0.15, -0.1) is 0 Å². The van der Waals surface area contributed by atoms with Gasteiger partial charge >= 0.3 is 6.18 Å². The molecule has 0 atom stereocenters. The Morgan fingerprint density at radius 1 is 1.30 bits per heavy atom. The fraction of sp³-hybridized carbons (Fsp3) is 0.500. The van der Waals surface area contributed by atoms with Gasteiger partial charge in [-0.3, -0.25) is 9.00 Å². The average molecular weight is 306 g/mol. The number of carbonyl (C=O) groups is 1.